The van der Waals surface area contributed by atoms with Gasteiger partial charge in [-0.05, 0) is 28.3 Å². The topological polar surface area (TPSA) is 102 Å². The van der Waals surface area contributed by atoms with Gasteiger partial charge in [-0.15, -0.1) is 0 Å². The van der Waals surface area contributed by atoms with Crippen LogP contribution >= 0.6 is 0 Å². The summed E-state index contributed by atoms with van der Waals surface area (Å²) in [6.07, 6.45) is -0.867. The Morgan fingerprint density at radius 3 is 1.97 bits per heavy atom. The summed E-state index contributed by atoms with van der Waals surface area (Å²) in [5, 5.41) is 31.3. The van der Waals surface area contributed by atoms with Crippen LogP contribution in [0.4, 0.5) is 5.69 Å². The van der Waals surface area contributed by atoms with Gasteiger partial charge < -0.3 is 19.7 Å². The van der Waals surface area contributed by atoms with E-state index in [1.807, 2.05) is 36.4 Å². The third-order valence-corrected chi connectivity index (χ3v) is 4.96. The Bertz CT molecular complexity index is 1020. The van der Waals surface area contributed by atoms with Gasteiger partial charge >= 0.3 is 0 Å². The molecule has 0 aliphatic carbocycles. The van der Waals surface area contributed by atoms with Crippen LogP contribution in [0.25, 0.3) is 11.1 Å². The van der Waals surface area contributed by atoms with Crippen LogP contribution in [-0.2, 0) is 13.0 Å². The second-order valence-electron chi connectivity index (χ2n) is 6.79. The summed E-state index contributed by atoms with van der Waals surface area (Å²) < 4.78 is 10.4. The molecular formula is C23H23NO6. The van der Waals surface area contributed by atoms with Gasteiger partial charge in [-0.1, -0.05) is 48.5 Å². The molecule has 0 saturated heterocycles. The Balaban J connectivity index is 1.83. The van der Waals surface area contributed by atoms with Crippen LogP contribution < -0.4 is 9.47 Å². The lowest BCUT2D eigenvalue weighted by atomic mass is 9.97. The van der Waals surface area contributed by atoms with Crippen LogP contribution in [0.5, 0.6) is 11.5 Å². The number of nitro groups is 1. The molecule has 3 aromatic carbocycles. The molecule has 1 atom stereocenters. The molecule has 0 bridgehead atoms. The summed E-state index contributed by atoms with van der Waals surface area (Å²) in [4.78, 5) is 11.0. The van der Waals surface area contributed by atoms with Gasteiger partial charge in [0, 0.05) is 12.0 Å². The molecule has 7 heteroatoms. The van der Waals surface area contributed by atoms with Crippen molar-refractivity contribution in [2.24, 2.45) is 0 Å². The number of aliphatic hydroxyl groups excluding tert-OH is 2. The van der Waals surface area contributed by atoms with Gasteiger partial charge in [0.1, 0.15) is 0 Å². The third-order valence-electron chi connectivity index (χ3n) is 4.96. The highest BCUT2D eigenvalue weighted by Gasteiger charge is 2.22. The first-order valence-electron chi connectivity index (χ1n) is 9.34. The van der Waals surface area contributed by atoms with E-state index < -0.39 is 11.0 Å². The standard InChI is InChI=1S/C23H23NO6/c1-29-22-12-19(20(24(27)28)13-23(22)30-2)11-21(26)18-9-7-17(8-10-18)16-5-3-15(14-25)4-6-16/h3-10,12-13,21,25-26H,11,14H2,1-2H3. The van der Waals surface area contributed by atoms with Crippen LogP contribution in [0, 0.1) is 10.1 Å². The zero-order valence-electron chi connectivity index (χ0n) is 16.7. The number of ether oxygens (including phenoxy) is 2. The highest BCUT2D eigenvalue weighted by Crippen LogP contribution is 2.36. The molecule has 0 radical (unpaired) electrons. The van der Waals surface area contributed by atoms with Crippen LogP contribution in [0.15, 0.2) is 60.7 Å². The van der Waals surface area contributed by atoms with E-state index >= 15 is 0 Å². The zero-order chi connectivity index (χ0) is 21.7. The van der Waals surface area contributed by atoms with E-state index in [9.17, 15) is 15.2 Å². The van der Waals surface area contributed by atoms with Crippen molar-refractivity contribution in [3.8, 4) is 22.6 Å². The Morgan fingerprint density at radius 1 is 0.933 bits per heavy atom. The Kier molecular flexibility index (Phi) is 6.66. The summed E-state index contributed by atoms with van der Waals surface area (Å²) in [6.45, 7) is -0.00626. The van der Waals surface area contributed by atoms with E-state index in [1.165, 1.54) is 26.4 Å². The molecule has 2 N–H and O–H groups in total. The van der Waals surface area contributed by atoms with E-state index in [1.54, 1.807) is 12.1 Å². The summed E-state index contributed by atoms with van der Waals surface area (Å²) in [5.74, 6) is 0.631. The Labute approximate surface area is 174 Å². The number of nitrogens with zero attached hydrogens (tertiary/aromatic N) is 1. The van der Waals surface area contributed by atoms with Crippen molar-refractivity contribution in [2.75, 3.05) is 14.2 Å². The average molecular weight is 409 g/mol. The highest BCUT2D eigenvalue weighted by atomic mass is 16.6. The predicted octanol–water partition coefficient (Wildman–Crippen LogP) is 4.05. The summed E-state index contributed by atoms with van der Waals surface area (Å²) in [5.41, 5.74) is 3.66. The molecule has 0 amide bonds. The fourth-order valence-electron chi connectivity index (χ4n) is 3.27. The predicted molar refractivity (Wildman–Crippen MR) is 113 cm³/mol. The summed E-state index contributed by atoms with van der Waals surface area (Å²) in [6, 6.07) is 17.7. The SMILES string of the molecule is COc1cc(CC(O)c2ccc(-c3ccc(CO)cc3)cc2)c([N+](=O)[O-])cc1OC. The first kappa shape index (κ1) is 21.3. The number of hydrogen-bond acceptors (Lipinski definition) is 6. The van der Waals surface area contributed by atoms with Crippen LogP contribution in [0.2, 0.25) is 0 Å². The lowest BCUT2D eigenvalue weighted by molar-refractivity contribution is -0.385. The van der Waals surface area contributed by atoms with E-state index in [0.29, 0.717) is 16.9 Å². The van der Waals surface area contributed by atoms with Crippen molar-refractivity contribution < 1.29 is 24.6 Å². The fourth-order valence-corrected chi connectivity index (χ4v) is 3.27. The number of hydrogen-bond donors (Lipinski definition) is 2. The van der Waals surface area contributed by atoms with Gasteiger partial charge in [-0.2, -0.15) is 0 Å². The van der Waals surface area contributed by atoms with Gasteiger partial charge in [0.2, 0.25) is 0 Å². The second kappa shape index (κ2) is 9.39. The maximum atomic E-state index is 11.5. The van der Waals surface area contributed by atoms with E-state index in [0.717, 1.165) is 16.7 Å². The number of nitro benzene ring substituents is 1. The largest absolute Gasteiger partial charge is 0.493 e. The number of aliphatic hydroxyl groups is 2. The molecule has 3 aromatic rings. The molecule has 0 fully saturated rings. The normalized spacial score (nSPS) is 11.7. The van der Waals surface area contributed by atoms with Crippen molar-refractivity contribution >= 4 is 5.69 Å². The van der Waals surface area contributed by atoms with Crippen molar-refractivity contribution in [1.29, 1.82) is 0 Å². The molecular weight excluding hydrogens is 386 g/mol. The molecule has 0 aliphatic rings. The van der Waals surface area contributed by atoms with Gasteiger partial charge in [0.15, 0.2) is 11.5 Å². The third kappa shape index (κ3) is 4.59. The van der Waals surface area contributed by atoms with Crippen LogP contribution in [-0.4, -0.2) is 29.4 Å². The molecule has 0 saturated carbocycles. The second-order valence-corrected chi connectivity index (χ2v) is 6.79. The van der Waals surface area contributed by atoms with Gasteiger partial charge in [-0.25, -0.2) is 0 Å². The van der Waals surface area contributed by atoms with Crippen LogP contribution in [0.1, 0.15) is 22.8 Å². The maximum Gasteiger partial charge on any atom is 0.276 e. The molecule has 0 heterocycles. The van der Waals surface area contributed by atoms with Gasteiger partial charge in [0.25, 0.3) is 5.69 Å². The van der Waals surface area contributed by atoms with Crippen molar-refractivity contribution in [3.63, 3.8) is 0 Å². The molecule has 7 nitrogen and oxygen atoms in total. The smallest absolute Gasteiger partial charge is 0.276 e. The minimum atomic E-state index is -0.924. The molecule has 156 valence electrons. The highest BCUT2D eigenvalue weighted by molar-refractivity contribution is 5.64. The fraction of sp³-hybridized carbons (Fsp3) is 0.217. The Morgan fingerprint density at radius 2 is 1.47 bits per heavy atom. The van der Waals surface area contributed by atoms with E-state index in [4.69, 9.17) is 14.6 Å². The molecule has 1 unspecified atom stereocenters. The van der Waals surface area contributed by atoms with Gasteiger partial charge in [0.05, 0.1) is 37.9 Å². The first-order valence-corrected chi connectivity index (χ1v) is 9.34. The molecule has 30 heavy (non-hydrogen) atoms. The average Bonchev–Trinajstić information content (AvgIpc) is 2.78. The first-order chi connectivity index (χ1) is 14.5. The van der Waals surface area contributed by atoms with Crippen molar-refractivity contribution in [2.45, 2.75) is 19.1 Å². The molecule has 0 aromatic heterocycles. The van der Waals surface area contributed by atoms with E-state index in [-0.39, 0.29) is 24.5 Å². The molecule has 3 rings (SSSR count). The minimum Gasteiger partial charge on any atom is -0.493 e. The van der Waals surface area contributed by atoms with Crippen LogP contribution in [0.3, 0.4) is 0 Å². The summed E-state index contributed by atoms with van der Waals surface area (Å²) >= 11 is 0. The molecule has 0 aliphatic heterocycles. The monoisotopic (exact) mass is 409 g/mol. The minimum absolute atomic E-state index is 0.00626. The Hall–Kier alpha value is -3.42. The molecule has 0 spiro atoms. The number of rotatable bonds is 8. The lowest BCUT2D eigenvalue weighted by Crippen LogP contribution is -2.05. The van der Waals surface area contributed by atoms with E-state index in [2.05, 4.69) is 0 Å². The quantitative estimate of drug-likeness (QED) is 0.430. The zero-order valence-corrected chi connectivity index (χ0v) is 16.7. The van der Waals surface area contributed by atoms with Gasteiger partial charge in [-0.3, -0.25) is 10.1 Å². The van der Waals surface area contributed by atoms with Crippen molar-refractivity contribution in [3.05, 3.63) is 87.5 Å². The maximum absolute atomic E-state index is 11.5. The summed E-state index contributed by atoms with van der Waals surface area (Å²) in [7, 11) is 2.87. The van der Waals surface area contributed by atoms with Crippen molar-refractivity contribution in [1.82, 2.24) is 0 Å². The lowest BCUT2D eigenvalue weighted by Gasteiger charge is -2.14. The number of benzene rings is 3. The number of methoxy groups -OCH3 is 2.